The third kappa shape index (κ3) is 4.36. The minimum absolute atomic E-state index is 0. The molecule has 1 heterocycles. The maximum absolute atomic E-state index is 14.3. The molecule has 1 saturated carbocycles. The average Bonchev–Trinajstić information content (AvgIpc) is 2.98. The van der Waals surface area contributed by atoms with Gasteiger partial charge in [-0.05, 0) is 55.1 Å². The zero-order chi connectivity index (χ0) is 21.1. The van der Waals surface area contributed by atoms with Gasteiger partial charge in [-0.25, -0.2) is 4.39 Å². The van der Waals surface area contributed by atoms with Crippen molar-refractivity contribution in [1.29, 1.82) is 0 Å². The van der Waals surface area contributed by atoms with Crippen molar-refractivity contribution < 1.29 is 14.3 Å². The first-order valence-corrected chi connectivity index (χ1v) is 11.2. The summed E-state index contributed by atoms with van der Waals surface area (Å²) < 4.78 is 14.3. The highest BCUT2D eigenvalue weighted by Crippen LogP contribution is 2.52. The number of benzene rings is 2. The minimum atomic E-state index is -0.778. The van der Waals surface area contributed by atoms with Crippen LogP contribution in [0, 0.1) is 5.82 Å². The summed E-state index contributed by atoms with van der Waals surface area (Å²) in [5.74, 6) is -0.305. The van der Waals surface area contributed by atoms with Crippen LogP contribution in [0.1, 0.15) is 62.6 Å². The number of carbonyl (C=O) groups excluding carboxylic acids is 1. The highest BCUT2D eigenvalue weighted by atomic mass is 35.5. The van der Waals surface area contributed by atoms with Crippen molar-refractivity contribution in [3.05, 3.63) is 65.5 Å². The molecule has 4 nitrogen and oxygen atoms in total. The molecule has 2 N–H and O–H groups in total. The molecule has 168 valence electrons. The third-order valence-electron chi connectivity index (χ3n) is 6.63. The van der Waals surface area contributed by atoms with Crippen molar-refractivity contribution in [1.82, 2.24) is 5.32 Å². The monoisotopic (exact) mass is 446 g/mol. The molecule has 2 aliphatic rings. The molecule has 1 amide bonds. The quantitative estimate of drug-likeness (QED) is 0.595. The summed E-state index contributed by atoms with van der Waals surface area (Å²) in [6.45, 7) is 3.27. The maximum atomic E-state index is 14.3. The normalized spacial score (nSPS) is 19.1. The Hall–Kier alpha value is -1.95. The van der Waals surface area contributed by atoms with E-state index in [2.05, 4.69) is 12.2 Å². The van der Waals surface area contributed by atoms with E-state index in [4.69, 9.17) is 0 Å². The van der Waals surface area contributed by atoms with Crippen LogP contribution >= 0.6 is 12.4 Å². The number of nitrogens with one attached hydrogen (secondary N) is 1. The van der Waals surface area contributed by atoms with Gasteiger partial charge in [0.15, 0.2) is 0 Å². The molecule has 1 aliphatic carbocycles. The Bertz CT molecular complexity index is 886. The number of aliphatic hydroxyl groups excluding tert-OH is 1. The van der Waals surface area contributed by atoms with E-state index in [1.54, 1.807) is 17.0 Å². The molecule has 1 fully saturated rings. The van der Waals surface area contributed by atoms with Crippen LogP contribution in [0.5, 0.6) is 0 Å². The van der Waals surface area contributed by atoms with Crippen molar-refractivity contribution in [3.63, 3.8) is 0 Å². The Labute approximate surface area is 190 Å². The van der Waals surface area contributed by atoms with E-state index >= 15 is 0 Å². The van der Waals surface area contributed by atoms with Gasteiger partial charge in [-0.3, -0.25) is 4.79 Å². The highest BCUT2D eigenvalue weighted by molar-refractivity contribution is 6.08. The van der Waals surface area contributed by atoms with Crippen molar-refractivity contribution in [3.8, 4) is 0 Å². The Morgan fingerprint density at radius 1 is 1.13 bits per heavy atom. The van der Waals surface area contributed by atoms with Crippen LogP contribution in [-0.2, 0) is 10.2 Å². The Balaban J connectivity index is 0.00000272. The predicted octanol–water partition coefficient (Wildman–Crippen LogP) is 4.90. The van der Waals surface area contributed by atoms with Gasteiger partial charge in [-0.1, -0.05) is 56.5 Å². The second kappa shape index (κ2) is 10.1. The van der Waals surface area contributed by atoms with Gasteiger partial charge in [0.1, 0.15) is 5.82 Å². The predicted molar refractivity (Wildman–Crippen MR) is 124 cm³/mol. The molecule has 1 spiro atoms. The van der Waals surface area contributed by atoms with Gasteiger partial charge < -0.3 is 15.3 Å². The van der Waals surface area contributed by atoms with E-state index < -0.39 is 17.6 Å². The van der Waals surface area contributed by atoms with Gasteiger partial charge in [0, 0.05) is 12.2 Å². The van der Waals surface area contributed by atoms with Gasteiger partial charge >= 0.3 is 0 Å². The van der Waals surface area contributed by atoms with Crippen LogP contribution in [-0.4, -0.2) is 30.2 Å². The zero-order valence-corrected chi connectivity index (χ0v) is 18.8. The fraction of sp³-hybridized carbons (Fsp3) is 0.480. The number of aliphatic hydroxyl groups is 1. The fourth-order valence-electron chi connectivity index (χ4n) is 5.20. The summed E-state index contributed by atoms with van der Waals surface area (Å²) in [7, 11) is 0. The van der Waals surface area contributed by atoms with Crippen molar-refractivity contribution in [2.45, 2.75) is 63.0 Å². The molecule has 0 aromatic heterocycles. The molecule has 2 aromatic carbocycles. The summed E-state index contributed by atoms with van der Waals surface area (Å²) in [4.78, 5) is 15.7. The average molecular weight is 447 g/mol. The van der Waals surface area contributed by atoms with Gasteiger partial charge in [0.2, 0.25) is 5.91 Å². The summed E-state index contributed by atoms with van der Waals surface area (Å²) in [5, 5.41) is 14.5. The molecule has 2 aromatic rings. The van der Waals surface area contributed by atoms with E-state index in [0.717, 1.165) is 61.9 Å². The smallest absolute Gasteiger partial charge is 0.238 e. The zero-order valence-electron chi connectivity index (χ0n) is 18.0. The van der Waals surface area contributed by atoms with E-state index in [1.807, 2.05) is 30.3 Å². The largest absolute Gasteiger partial charge is 0.389 e. The standard InChI is InChI=1S/C25H31FN2O2.ClH/c1-2-15-27-17-22(29)23(18-9-5-3-6-10-18)28-21-12-11-19(26)16-20(21)25(24(28)30)13-7-4-8-14-25;/h3,5-6,9-12,16,22-23,27,29H,2,4,7-8,13-15,17H2,1H3;1H/t22-,23+;/m1./s1. The Kier molecular flexibility index (Phi) is 7.73. The fourth-order valence-corrected chi connectivity index (χ4v) is 5.20. The highest BCUT2D eigenvalue weighted by Gasteiger charge is 2.53. The Morgan fingerprint density at radius 2 is 1.84 bits per heavy atom. The summed E-state index contributed by atoms with van der Waals surface area (Å²) >= 11 is 0. The summed E-state index contributed by atoms with van der Waals surface area (Å²) in [6, 6.07) is 13.9. The van der Waals surface area contributed by atoms with E-state index in [-0.39, 0.29) is 24.1 Å². The lowest BCUT2D eigenvalue weighted by Crippen LogP contribution is -2.48. The van der Waals surface area contributed by atoms with E-state index in [1.165, 1.54) is 6.07 Å². The number of fused-ring (bicyclic) bond motifs is 2. The van der Waals surface area contributed by atoms with Gasteiger partial charge in [0.25, 0.3) is 0 Å². The number of hydrogen-bond acceptors (Lipinski definition) is 3. The number of anilines is 1. The molecular weight excluding hydrogens is 415 g/mol. The maximum Gasteiger partial charge on any atom is 0.238 e. The second-order valence-electron chi connectivity index (χ2n) is 8.61. The molecule has 1 aliphatic heterocycles. The SMILES string of the molecule is CCCNC[C@@H](O)[C@H](c1ccccc1)N1C(=O)C2(CCCCC2)c2cc(F)ccc21.Cl. The lowest BCUT2D eigenvalue weighted by atomic mass is 9.70. The lowest BCUT2D eigenvalue weighted by Gasteiger charge is -2.36. The molecule has 6 heteroatoms. The van der Waals surface area contributed by atoms with Gasteiger partial charge in [0.05, 0.1) is 17.6 Å². The Morgan fingerprint density at radius 3 is 2.52 bits per heavy atom. The van der Waals surface area contributed by atoms with Crippen molar-refractivity contribution in [2.75, 3.05) is 18.0 Å². The number of halogens is 2. The topological polar surface area (TPSA) is 52.6 Å². The van der Waals surface area contributed by atoms with E-state index in [0.29, 0.717) is 6.54 Å². The van der Waals surface area contributed by atoms with Gasteiger partial charge in [-0.2, -0.15) is 0 Å². The molecule has 0 saturated heterocycles. The van der Waals surface area contributed by atoms with Gasteiger partial charge in [-0.15, -0.1) is 12.4 Å². The molecule has 4 rings (SSSR count). The first-order chi connectivity index (χ1) is 14.6. The lowest BCUT2D eigenvalue weighted by molar-refractivity contribution is -0.125. The van der Waals surface area contributed by atoms with Crippen LogP contribution in [0.15, 0.2) is 48.5 Å². The number of amides is 1. The number of carbonyl (C=O) groups is 1. The third-order valence-corrected chi connectivity index (χ3v) is 6.63. The molecule has 0 unspecified atom stereocenters. The number of rotatable bonds is 7. The molecule has 2 atom stereocenters. The van der Waals surface area contributed by atoms with Crippen LogP contribution in [0.4, 0.5) is 10.1 Å². The van der Waals surface area contributed by atoms with Crippen LogP contribution in [0.2, 0.25) is 0 Å². The molecule has 0 radical (unpaired) electrons. The number of nitrogens with zero attached hydrogens (tertiary/aromatic N) is 1. The molecular formula is C25H32ClFN2O2. The molecule has 0 bridgehead atoms. The van der Waals surface area contributed by atoms with E-state index in [9.17, 15) is 14.3 Å². The van der Waals surface area contributed by atoms with Crippen LogP contribution < -0.4 is 10.2 Å². The van der Waals surface area contributed by atoms with Crippen molar-refractivity contribution in [2.24, 2.45) is 0 Å². The second-order valence-corrected chi connectivity index (χ2v) is 8.61. The first-order valence-electron chi connectivity index (χ1n) is 11.2. The first kappa shape index (κ1) is 23.7. The summed E-state index contributed by atoms with van der Waals surface area (Å²) in [6.07, 6.45) is 4.70. The minimum Gasteiger partial charge on any atom is -0.389 e. The van der Waals surface area contributed by atoms with Crippen molar-refractivity contribution >= 4 is 24.0 Å². The molecule has 31 heavy (non-hydrogen) atoms. The van der Waals surface area contributed by atoms with Crippen LogP contribution in [0.25, 0.3) is 0 Å². The summed E-state index contributed by atoms with van der Waals surface area (Å²) in [5.41, 5.74) is 1.76. The van der Waals surface area contributed by atoms with Crippen LogP contribution in [0.3, 0.4) is 0 Å². The number of hydrogen-bond donors (Lipinski definition) is 2.